The van der Waals surface area contributed by atoms with E-state index in [-0.39, 0.29) is 12.1 Å². The van der Waals surface area contributed by atoms with Gasteiger partial charge in [-0.2, -0.15) is 0 Å². The summed E-state index contributed by atoms with van der Waals surface area (Å²) in [6, 6.07) is 10.6. The molecule has 18 heavy (non-hydrogen) atoms. The monoisotopic (exact) mass is 249 g/mol. The summed E-state index contributed by atoms with van der Waals surface area (Å²) in [4.78, 5) is 0. The molecule has 1 aromatic rings. The quantitative estimate of drug-likeness (QED) is 0.659. The fourth-order valence-electron chi connectivity index (χ4n) is 2.13. The molecule has 0 fully saturated rings. The Morgan fingerprint density at radius 1 is 1.17 bits per heavy atom. The molecule has 0 aliphatic heterocycles. The number of benzene rings is 1. The van der Waals surface area contributed by atoms with E-state index in [0.29, 0.717) is 0 Å². The third-order valence-electron chi connectivity index (χ3n) is 3.73. The SMILES string of the molecule is CCC(C)(CCO)NCCCCc1ccccc1. The Morgan fingerprint density at radius 2 is 1.89 bits per heavy atom. The van der Waals surface area contributed by atoms with Gasteiger partial charge in [0.2, 0.25) is 0 Å². The predicted molar refractivity (Wildman–Crippen MR) is 77.8 cm³/mol. The van der Waals surface area contributed by atoms with Gasteiger partial charge in [-0.05, 0) is 51.1 Å². The molecule has 0 heterocycles. The second-order valence-corrected chi connectivity index (χ2v) is 5.26. The van der Waals surface area contributed by atoms with Crippen LogP contribution in [-0.2, 0) is 6.42 Å². The number of hydrogen-bond acceptors (Lipinski definition) is 2. The molecule has 102 valence electrons. The van der Waals surface area contributed by atoms with Gasteiger partial charge in [0.05, 0.1) is 0 Å². The first-order chi connectivity index (χ1) is 8.70. The molecule has 0 aliphatic carbocycles. The van der Waals surface area contributed by atoms with E-state index in [2.05, 4.69) is 49.5 Å². The largest absolute Gasteiger partial charge is 0.396 e. The van der Waals surface area contributed by atoms with Crippen LogP contribution < -0.4 is 5.32 Å². The molecule has 1 aromatic carbocycles. The van der Waals surface area contributed by atoms with Crippen molar-refractivity contribution in [3.63, 3.8) is 0 Å². The summed E-state index contributed by atoms with van der Waals surface area (Å²) in [5.41, 5.74) is 1.52. The molecule has 1 unspecified atom stereocenters. The molecule has 1 rings (SSSR count). The zero-order valence-electron chi connectivity index (χ0n) is 11.8. The van der Waals surface area contributed by atoms with Crippen molar-refractivity contribution in [2.45, 2.75) is 51.5 Å². The maximum Gasteiger partial charge on any atom is 0.0448 e. The molecule has 0 aromatic heterocycles. The molecule has 0 amide bonds. The average Bonchev–Trinajstić information content (AvgIpc) is 2.40. The summed E-state index contributed by atoms with van der Waals surface area (Å²) in [6.07, 6.45) is 5.46. The highest BCUT2D eigenvalue weighted by Gasteiger charge is 2.19. The van der Waals surface area contributed by atoms with E-state index in [9.17, 15) is 0 Å². The molecule has 0 saturated carbocycles. The van der Waals surface area contributed by atoms with E-state index in [4.69, 9.17) is 5.11 Å². The van der Waals surface area contributed by atoms with Crippen LogP contribution in [0.4, 0.5) is 0 Å². The van der Waals surface area contributed by atoms with Gasteiger partial charge in [0, 0.05) is 12.1 Å². The fourth-order valence-corrected chi connectivity index (χ4v) is 2.13. The summed E-state index contributed by atoms with van der Waals surface area (Å²) in [6.45, 7) is 5.67. The molecule has 0 bridgehead atoms. The van der Waals surface area contributed by atoms with Gasteiger partial charge >= 0.3 is 0 Å². The van der Waals surface area contributed by atoms with Crippen LogP contribution in [0, 0.1) is 0 Å². The van der Waals surface area contributed by atoms with Crippen molar-refractivity contribution < 1.29 is 5.11 Å². The molecule has 1 atom stereocenters. The predicted octanol–water partition coefficient (Wildman–Crippen LogP) is 3.15. The topological polar surface area (TPSA) is 32.3 Å². The molecule has 0 aliphatic rings. The lowest BCUT2D eigenvalue weighted by atomic mass is 9.94. The molecule has 2 heteroatoms. The summed E-state index contributed by atoms with van der Waals surface area (Å²) < 4.78 is 0. The second kappa shape index (κ2) is 8.28. The van der Waals surface area contributed by atoms with Crippen LogP contribution >= 0.6 is 0 Å². The van der Waals surface area contributed by atoms with Crippen LogP contribution in [0.5, 0.6) is 0 Å². The maximum atomic E-state index is 9.04. The van der Waals surface area contributed by atoms with Crippen LogP contribution in [0.25, 0.3) is 0 Å². The van der Waals surface area contributed by atoms with Crippen molar-refractivity contribution in [2.24, 2.45) is 0 Å². The number of nitrogens with one attached hydrogen (secondary N) is 1. The number of aliphatic hydroxyl groups excluding tert-OH is 1. The summed E-state index contributed by atoms with van der Waals surface area (Å²) in [5, 5.41) is 12.6. The lowest BCUT2D eigenvalue weighted by Gasteiger charge is -2.29. The summed E-state index contributed by atoms with van der Waals surface area (Å²) in [5.74, 6) is 0. The standard InChI is InChI=1S/C16H27NO/c1-3-16(2,12-14-18)17-13-8-7-11-15-9-5-4-6-10-15/h4-6,9-10,17-18H,3,7-8,11-14H2,1-2H3. The lowest BCUT2D eigenvalue weighted by molar-refractivity contribution is 0.215. The van der Waals surface area contributed by atoms with Gasteiger partial charge < -0.3 is 10.4 Å². The number of unbranched alkanes of at least 4 members (excludes halogenated alkanes) is 1. The Labute approximate surface area is 111 Å². The third-order valence-corrected chi connectivity index (χ3v) is 3.73. The minimum absolute atomic E-state index is 0.0987. The van der Waals surface area contributed by atoms with E-state index < -0.39 is 0 Å². The van der Waals surface area contributed by atoms with Crippen molar-refractivity contribution in [3.05, 3.63) is 35.9 Å². The maximum absolute atomic E-state index is 9.04. The van der Waals surface area contributed by atoms with Crippen molar-refractivity contribution in [2.75, 3.05) is 13.2 Å². The van der Waals surface area contributed by atoms with Gasteiger partial charge in [0.25, 0.3) is 0 Å². The minimum Gasteiger partial charge on any atom is -0.396 e. The lowest BCUT2D eigenvalue weighted by Crippen LogP contribution is -2.43. The van der Waals surface area contributed by atoms with Gasteiger partial charge in [-0.3, -0.25) is 0 Å². The highest BCUT2D eigenvalue weighted by atomic mass is 16.3. The molecular weight excluding hydrogens is 222 g/mol. The Morgan fingerprint density at radius 3 is 2.50 bits per heavy atom. The van der Waals surface area contributed by atoms with Crippen molar-refractivity contribution >= 4 is 0 Å². The van der Waals surface area contributed by atoms with Gasteiger partial charge in [-0.1, -0.05) is 37.3 Å². The van der Waals surface area contributed by atoms with Crippen molar-refractivity contribution in [1.82, 2.24) is 5.32 Å². The normalized spacial score (nSPS) is 14.4. The van der Waals surface area contributed by atoms with Gasteiger partial charge in [-0.15, -0.1) is 0 Å². The third kappa shape index (κ3) is 5.65. The average molecular weight is 249 g/mol. The van der Waals surface area contributed by atoms with Gasteiger partial charge in [0.1, 0.15) is 0 Å². The molecule has 0 saturated heterocycles. The molecular formula is C16H27NO. The first-order valence-electron chi connectivity index (χ1n) is 7.10. The Bertz CT molecular complexity index is 312. The highest BCUT2D eigenvalue weighted by Crippen LogP contribution is 2.13. The van der Waals surface area contributed by atoms with Crippen LogP contribution in [0.1, 0.15) is 45.1 Å². The second-order valence-electron chi connectivity index (χ2n) is 5.26. The van der Waals surface area contributed by atoms with Crippen LogP contribution in [0.2, 0.25) is 0 Å². The highest BCUT2D eigenvalue weighted by molar-refractivity contribution is 5.14. The van der Waals surface area contributed by atoms with E-state index in [1.54, 1.807) is 0 Å². The van der Waals surface area contributed by atoms with Gasteiger partial charge in [-0.25, -0.2) is 0 Å². The zero-order valence-corrected chi connectivity index (χ0v) is 11.8. The number of aryl methyl sites for hydroxylation is 1. The Hall–Kier alpha value is -0.860. The summed E-state index contributed by atoms with van der Waals surface area (Å²) >= 11 is 0. The number of rotatable bonds is 9. The van der Waals surface area contributed by atoms with Crippen molar-refractivity contribution in [3.8, 4) is 0 Å². The fraction of sp³-hybridized carbons (Fsp3) is 0.625. The Balaban J connectivity index is 2.15. The molecule has 0 radical (unpaired) electrons. The van der Waals surface area contributed by atoms with Gasteiger partial charge in [0.15, 0.2) is 0 Å². The molecule has 2 N–H and O–H groups in total. The number of hydrogen-bond donors (Lipinski definition) is 2. The van der Waals surface area contributed by atoms with E-state index >= 15 is 0 Å². The number of aliphatic hydroxyl groups is 1. The molecule has 0 spiro atoms. The van der Waals surface area contributed by atoms with E-state index in [1.165, 1.54) is 18.4 Å². The first kappa shape index (κ1) is 15.2. The Kier molecular flexibility index (Phi) is 6.99. The zero-order chi connectivity index (χ0) is 13.3. The van der Waals surface area contributed by atoms with Crippen LogP contribution in [0.15, 0.2) is 30.3 Å². The van der Waals surface area contributed by atoms with Crippen LogP contribution in [-0.4, -0.2) is 23.8 Å². The van der Waals surface area contributed by atoms with Crippen LogP contribution in [0.3, 0.4) is 0 Å². The first-order valence-corrected chi connectivity index (χ1v) is 7.10. The van der Waals surface area contributed by atoms with E-state index in [0.717, 1.165) is 25.8 Å². The molecule has 2 nitrogen and oxygen atoms in total. The van der Waals surface area contributed by atoms with Crippen molar-refractivity contribution in [1.29, 1.82) is 0 Å². The smallest absolute Gasteiger partial charge is 0.0448 e. The van der Waals surface area contributed by atoms with E-state index in [1.807, 2.05) is 0 Å². The minimum atomic E-state index is 0.0987. The summed E-state index contributed by atoms with van der Waals surface area (Å²) in [7, 11) is 0.